The number of hydrogen-bond donors (Lipinski definition) is 2. The summed E-state index contributed by atoms with van der Waals surface area (Å²) in [5.74, 6) is 0.663. The molecule has 1 aromatic carbocycles. The monoisotopic (exact) mass is 362 g/mol. The minimum atomic E-state index is 0.206. The van der Waals surface area contributed by atoms with Crippen molar-refractivity contribution in [1.29, 1.82) is 0 Å². The molecule has 3 aromatic rings. The highest BCUT2D eigenvalue weighted by Gasteiger charge is 2.06. The van der Waals surface area contributed by atoms with Crippen LogP contribution in [0, 0.1) is 6.92 Å². The minimum Gasteiger partial charge on any atom is -0.384 e. The Bertz CT molecular complexity index is 844. The van der Waals surface area contributed by atoms with Crippen LogP contribution in [-0.2, 0) is 6.54 Å². The Morgan fingerprint density at radius 2 is 1.92 bits per heavy atom. The van der Waals surface area contributed by atoms with Crippen molar-refractivity contribution < 1.29 is 0 Å². The summed E-state index contributed by atoms with van der Waals surface area (Å²) in [4.78, 5) is 8.14. The van der Waals surface area contributed by atoms with Crippen LogP contribution in [0.5, 0.6) is 0 Å². The fraction of sp³-hybridized carbons (Fsp3) is 0.188. The summed E-state index contributed by atoms with van der Waals surface area (Å²) in [5.41, 5.74) is 3.84. The molecule has 124 valence electrons. The van der Waals surface area contributed by atoms with Crippen molar-refractivity contribution in [2.45, 2.75) is 13.5 Å². The predicted octanol–water partition coefficient (Wildman–Crippen LogP) is 3.93. The summed E-state index contributed by atoms with van der Waals surface area (Å²) in [6.45, 7) is 2.58. The topological polar surface area (TPSA) is 67.7 Å². The molecule has 0 bridgehead atoms. The van der Waals surface area contributed by atoms with Crippen LogP contribution in [0.3, 0.4) is 0 Å². The molecule has 0 spiro atoms. The largest absolute Gasteiger partial charge is 0.384 e. The van der Waals surface area contributed by atoms with Crippen molar-refractivity contribution in [2.24, 2.45) is 0 Å². The number of aromatic nitrogens is 4. The summed E-state index contributed by atoms with van der Waals surface area (Å²) in [6, 6.07) is 9.88. The fourth-order valence-corrected chi connectivity index (χ4v) is 2.68. The number of halogens is 2. The summed E-state index contributed by atoms with van der Waals surface area (Å²) in [7, 11) is 1.81. The molecule has 2 N–H and O–H groups in total. The number of rotatable bonds is 5. The molecule has 0 saturated heterocycles. The number of aryl methyl sites for hydroxylation is 1. The zero-order chi connectivity index (χ0) is 17.1. The third-order valence-electron chi connectivity index (χ3n) is 3.53. The van der Waals surface area contributed by atoms with Crippen molar-refractivity contribution in [2.75, 3.05) is 17.7 Å². The summed E-state index contributed by atoms with van der Waals surface area (Å²) in [5, 5.41) is 11.2. The van der Waals surface area contributed by atoms with E-state index in [0.717, 1.165) is 22.6 Å². The molecule has 2 aromatic heterocycles. The Hall–Kier alpha value is -2.31. The van der Waals surface area contributed by atoms with Gasteiger partial charge in [-0.25, -0.2) is 9.67 Å². The van der Waals surface area contributed by atoms with Gasteiger partial charge in [-0.15, -0.1) is 0 Å². The first-order valence-electron chi connectivity index (χ1n) is 7.32. The first-order chi connectivity index (χ1) is 11.6. The number of hydrogen-bond acceptors (Lipinski definition) is 5. The Morgan fingerprint density at radius 3 is 2.54 bits per heavy atom. The molecule has 0 fully saturated rings. The third-order valence-corrected chi connectivity index (χ3v) is 3.89. The molecule has 0 atom stereocenters. The molecule has 0 amide bonds. The van der Waals surface area contributed by atoms with E-state index in [0.29, 0.717) is 17.5 Å². The van der Waals surface area contributed by atoms with Gasteiger partial charge in [0.1, 0.15) is 0 Å². The average Bonchev–Trinajstić information content (AvgIpc) is 2.92. The molecule has 3 rings (SSSR count). The van der Waals surface area contributed by atoms with E-state index in [1.54, 1.807) is 6.20 Å². The van der Waals surface area contributed by atoms with E-state index in [4.69, 9.17) is 23.2 Å². The summed E-state index contributed by atoms with van der Waals surface area (Å²) < 4.78 is 1.81. The van der Waals surface area contributed by atoms with Crippen LogP contribution in [0.25, 0.3) is 5.69 Å². The van der Waals surface area contributed by atoms with Crippen molar-refractivity contribution in [3.05, 3.63) is 58.2 Å². The van der Waals surface area contributed by atoms with Crippen LogP contribution >= 0.6 is 23.2 Å². The van der Waals surface area contributed by atoms with E-state index in [9.17, 15) is 0 Å². The summed E-state index contributed by atoms with van der Waals surface area (Å²) >= 11 is 11.8. The second-order valence-corrected chi connectivity index (χ2v) is 5.92. The normalized spacial score (nSPS) is 10.7. The average molecular weight is 363 g/mol. The van der Waals surface area contributed by atoms with Crippen LogP contribution < -0.4 is 10.6 Å². The van der Waals surface area contributed by atoms with Crippen molar-refractivity contribution in [3.8, 4) is 5.69 Å². The summed E-state index contributed by atoms with van der Waals surface area (Å²) in [6.07, 6.45) is 1.64. The first-order valence-corrected chi connectivity index (χ1v) is 8.08. The molecule has 0 unspecified atom stereocenters. The fourth-order valence-electron chi connectivity index (χ4n) is 2.32. The molecule has 0 saturated carbocycles. The maximum atomic E-state index is 5.94. The van der Waals surface area contributed by atoms with E-state index >= 15 is 0 Å². The van der Waals surface area contributed by atoms with E-state index in [1.807, 2.05) is 49.0 Å². The molecular weight excluding hydrogens is 347 g/mol. The smallest absolute Gasteiger partial charge is 0.224 e. The molecule has 0 aliphatic rings. The van der Waals surface area contributed by atoms with Crippen molar-refractivity contribution in [3.63, 3.8) is 0 Å². The Kier molecular flexibility index (Phi) is 4.87. The quantitative estimate of drug-likeness (QED) is 0.673. The third kappa shape index (κ3) is 3.60. The lowest BCUT2D eigenvalue weighted by atomic mass is 10.2. The first kappa shape index (κ1) is 16.5. The van der Waals surface area contributed by atoms with Crippen LogP contribution in [0.4, 0.5) is 11.5 Å². The minimum absolute atomic E-state index is 0.206. The Morgan fingerprint density at radius 1 is 1.17 bits per heavy atom. The Balaban J connectivity index is 1.73. The predicted molar refractivity (Wildman–Crippen MR) is 97.2 cm³/mol. The van der Waals surface area contributed by atoms with Gasteiger partial charge in [-0.05, 0) is 42.3 Å². The van der Waals surface area contributed by atoms with Gasteiger partial charge in [-0.3, -0.25) is 0 Å². The van der Waals surface area contributed by atoms with Crippen LogP contribution in [-0.4, -0.2) is 26.8 Å². The second-order valence-electron chi connectivity index (χ2n) is 5.19. The van der Waals surface area contributed by atoms with Crippen molar-refractivity contribution >= 4 is 34.7 Å². The Labute approximate surface area is 149 Å². The number of anilines is 2. The highest BCUT2D eigenvalue weighted by atomic mass is 35.5. The molecule has 0 aliphatic carbocycles. The van der Waals surface area contributed by atoms with E-state index in [-0.39, 0.29) is 5.28 Å². The number of nitrogens with one attached hydrogen (secondary N) is 2. The van der Waals surface area contributed by atoms with Gasteiger partial charge in [0.2, 0.25) is 5.28 Å². The van der Waals surface area contributed by atoms with Gasteiger partial charge >= 0.3 is 0 Å². The lowest BCUT2D eigenvalue weighted by molar-refractivity contribution is 0.846. The lowest BCUT2D eigenvalue weighted by Crippen LogP contribution is -2.06. The zero-order valence-corrected chi connectivity index (χ0v) is 14.7. The number of benzene rings is 1. The lowest BCUT2D eigenvalue weighted by Gasteiger charge is -2.11. The van der Waals surface area contributed by atoms with Gasteiger partial charge < -0.3 is 10.6 Å². The standard InChI is InChI=1S/C16H16Cl2N6/c1-10-7-14(17)23-24(10)12-5-3-11(4-6-12)8-20-15-13(19-2)9-21-16(18)22-15/h3-7,9,19H,8H2,1-2H3,(H,20,21,22). The van der Waals surface area contributed by atoms with Gasteiger partial charge in [0.25, 0.3) is 0 Å². The van der Waals surface area contributed by atoms with E-state index in [1.165, 1.54) is 0 Å². The van der Waals surface area contributed by atoms with Gasteiger partial charge in [0.05, 0.1) is 17.6 Å². The van der Waals surface area contributed by atoms with Crippen LogP contribution in [0.2, 0.25) is 10.4 Å². The molecular formula is C16H16Cl2N6. The van der Waals surface area contributed by atoms with E-state index in [2.05, 4.69) is 25.7 Å². The van der Waals surface area contributed by atoms with Crippen molar-refractivity contribution in [1.82, 2.24) is 19.7 Å². The SMILES string of the molecule is CNc1cnc(Cl)nc1NCc1ccc(-n2nc(Cl)cc2C)cc1. The zero-order valence-electron chi connectivity index (χ0n) is 13.2. The molecule has 0 radical (unpaired) electrons. The van der Waals surface area contributed by atoms with Gasteiger partial charge in [0, 0.05) is 19.3 Å². The molecule has 0 aliphatic heterocycles. The number of nitrogens with zero attached hydrogens (tertiary/aromatic N) is 4. The highest BCUT2D eigenvalue weighted by Crippen LogP contribution is 2.20. The maximum absolute atomic E-state index is 5.94. The maximum Gasteiger partial charge on any atom is 0.224 e. The molecule has 8 heteroatoms. The molecule has 2 heterocycles. The van der Waals surface area contributed by atoms with Crippen LogP contribution in [0.15, 0.2) is 36.5 Å². The van der Waals surface area contributed by atoms with Gasteiger partial charge in [-0.1, -0.05) is 23.7 Å². The van der Waals surface area contributed by atoms with Gasteiger partial charge in [0.15, 0.2) is 11.0 Å². The van der Waals surface area contributed by atoms with Gasteiger partial charge in [-0.2, -0.15) is 10.1 Å². The highest BCUT2D eigenvalue weighted by molar-refractivity contribution is 6.29. The molecule has 6 nitrogen and oxygen atoms in total. The molecule has 24 heavy (non-hydrogen) atoms. The van der Waals surface area contributed by atoms with E-state index < -0.39 is 0 Å². The van der Waals surface area contributed by atoms with Crippen LogP contribution in [0.1, 0.15) is 11.3 Å². The second kappa shape index (κ2) is 7.07.